The molecule has 0 bridgehead atoms. The molecule has 37 heavy (non-hydrogen) atoms. The first kappa shape index (κ1) is 23.9. The third-order valence-electron chi connectivity index (χ3n) is 6.17. The highest BCUT2D eigenvalue weighted by atomic mass is 16.5. The van der Waals surface area contributed by atoms with Gasteiger partial charge in [0.25, 0.3) is 5.91 Å². The van der Waals surface area contributed by atoms with Crippen LogP contribution in [0.5, 0.6) is 17.2 Å². The van der Waals surface area contributed by atoms with Crippen molar-refractivity contribution in [2.24, 2.45) is 5.10 Å². The predicted octanol–water partition coefficient (Wildman–Crippen LogP) is 6.35. The number of nitrogens with zero attached hydrogens (tertiary/aromatic N) is 1. The van der Waals surface area contributed by atoms with Crippen molar-refractivity contribution in [3.05, 3.63) is 114 Å². The van der Waals surface area contributed by atoms with Crippen molar-refractivity contribution in [1.29, 1.82) is 0 Å². The van der Waals surface area contributed by atoms with Gasteiger partial charge in [-0.25, -0.2) is 5.43 Å². The van der Waals surface area contributed by atoms with Crippen molar-refractivity contribution in [3.63, 3.8) is 0 Å². The van der Waals surface area contributed by atoms with Gasteiger partial charge in [0.2, 0.25) is 0 Å². The van der Waals surface area contributed by atoms with Gasteiger partial charge in [0.15, 0.2) is 0 Å². The quantitative estimate of drug-likeness (QED) is 0.203. The summed E-state index contributed by atoms with van der Waals surface area (Å²) in [7, 11) is 3.07. The first-order valence-electron chi connectivity index (χ1n) is 11.8. The Hall–Kier alpha value is -4.84. The van der Waals surface area contributed by atoms with E-state index in [9.17, 15) is 4.79 Å². The van der Waals surface area contributed by atoms with Crippen LogP contribution in [0.25, 0.3) is 21.5 Å². The number of carbonyl (C=O) groups is 1. The lowest BCUT2D eigenvalue weighted by molar-refractivity contribution is 0.0954. The summed E-state index contributed by atoms with van der Waals surface area (Å²) in [6, 6.07) is 31.3. The van der Waals surface area contributed by atoms with Crippen molar-refractivity contribution in [3.8, 4) is 17.2 Å². The zero-order chi connectivity index (χ0) is 25.6. The summed E-state index contributed by atoms with van der Waals surface area (Å²) < 4.78 is 16.8. The molecule has 0 saturated carbocycles. The Morgan fingerprint density at radius 1 is 0.784 bits per heavy atom. The van der Waals surface area contributed by atoms with Crippen molar-refractivity contribution in [2.45, 2.75) is 6.61 Å². The highest BCUT2D eigenvalue weighted by Crippen LogP contribution is 2.29. The minimum absolute atomic E-state index is 0.374. The Morgan fingerprint density at radius 3 is 2.16 bits per heavy atom. The molecule has 6 nitrogen and oxygen atoms in total. The van der Waals surface area contributed by atoms with Gasteiger partial charge in [0.1, 0.15) is 23.9 Å². The van der Waals surface area contributed by atoms with Crippen LogP contribution in [-0.4, -0.2) is 26.3 Å². The average molecular weight is 491 g/mol. The van der Waals surface area contributed by atoms with E-state index in [1.165, 1.54) is 19.6 Å². The summed E-state index contributed by atoms with van der Waals surface area (Å²) in [5, 5.41) is 8.60. The van der Waals surface area contributed by atoms with E-state index in [4.69, 9.17) is 14.2 Å². The van der Waals surface area contributed by atoms with Crippen LogP contribution < -0.4 is 19.6 Å². The zero-order valence-electron chi connectivity index (χ0n) is 20.6. The summed E-state index contributed by atoms with van der Waals surface area (Å²) in [6.45, 7) is 0.399. The molecule has 0 atom stereocenters. The fourth-order valence-corrected chi connectivity index (χ4v) is 4.27. The van der Waals surface area contributed by atoms with Crippen molar-refractivity contribution in [1.82, 2.24) is 5.43 Å². The van der Waals surface area contributed by atoms with E-state index in [0.717, 1.165) is 27.3 Å². The molecular weight excluding hydrogens is 464 g/mol. The topological polar surface area (TPSA) is 69.2 Å². The van der Waals surface area contributed by atoms with Gasteiger partial charge in [-0.2, -0.15) is 5.10 Å². The molecule has 0 saturated heterocycles. The van der Waals surface area contributed by atoms with Crippen LogP contribution in [0.1, 0.15) is 21.5 Å². The molecule has 0 spiro atoms. The van der Waals surface area contributed by atoms with Crippen LogP contribution in [0.15, 0.2) is 102 Å². The maximum atomic E-state index is 12.8. The number of hydrogen-bond acceptors (Lipinski definition) is 5. The fraction of sp³-hybridized carbons (Fsp3) is 0.0968. The molecule has 0 aliphatic heterocycles. The summed E-state index contributed by atoms with van der Waals surface area (Å²) in [6.07, 6.45) is 1.62. The molecule has 0 heterocycles. The van der Waals surface area contributed by atoms with Gasteiger partial charge in [-0.15, -0.1) is 0 Å². The number of fused-ring (bicyclic) bond motifs is 2. The summed E-state index contributed by atoms with van der Waals surface area (Å²) >= 11 is 0. The smallest absolute Gasteiger partial charge is 0.271 e. The molecule has 6 heteroatoms. The van der Waals surface area contributed by atoms with E-state index in [0.29, 0.717) is 29.4 Å². The molecular formula is C31H26N2O4. The second-order valence-corrected chi connectivity index (χ2v) is 8.43. The van der Waals surface area contributed by atoms with Crippen LogP contribution in [0, 0.1) is 0 Å². The van der Waals surface area contributed by atoms with Gasteiger partial charge >= 0.3 is 0 Å². The van der Waals surface area contributed by atoms with Gasteiger partial charge in [0, 0.05) is 17.2 Å². The second kappa shape index (κ2) is 10.8. The lowest BCUT2D eigenvalue weighted by Gasteiger charge is -2.13. The van der Waals surface area contributed by atoms with Crippen LogP contribution in [0.2, 0.25) is 0 Å². The third kappa shape index (κ3) is 5.23. The summed E-state index contributed by atoms with van der Waals surface area (Å²) in [4.78, 5) is 12.8. The number of amides is 1. The van der Waals surface area contributed by atoms with E-state index in [-0.39, 0.29) is 5.91 Å². The number of rotatable bonds is 8. The molecule has 1 N–H and O–H groups in total. The van der Waals surface area contributed by atoms with Crippen molar-refractivity contribution in [2.75, 3.05) is 14.2 Å². The van der Waals surface area contributed by atoms with Crippen LogP contribution in [0.4, 0.5) is 0 Å². The normalized spacial score (nSPS) is 11.1. The second-order valence-electron chi connectivity index (χ2n) is 8.43. The summed E-state index contributed by atoms with van der Waals surface area (Å²) in [5.41, 5.74) is 4.85. The first-order chi connectivity index (χ1) is 18.2. The molecule has 1 amide bonds. The predicted molar refractivity (Wildman–Crippen MR) is 147 cm³/mol. The monoisotopic (exact) mass is 490 g/mol. The highest BCUT2D eigenvalue weighted by molar-refractivity contribution is 6.03. The van der Waals surface area contributed by atoms with E-state index < -0.39 is 0 Å². The van der Waals surface area contributed by atoms with Gasteiger partial charge in [-0.05, 0) is 45.3 Å². The Labute approximate surface area is 215 Å². The van der Waals surface area contributed by atoms with Crippen LogP contribution >= 0.6 is 0 Å². The minimum Gasteiger partial charge on any atom is -0.497 e. The Balaban J connectivity index is 1.42. The summed E-state index contributed by atoms with van der Waals surface area (Å²) in [5.74, 6) is 1.33. The van der Waals surface area contributed by atoms with Crippen LogP contribution in [0.3, 0.4) is 0 Å². The van der Waals surface area contributed by atoms with Gasteiger partial charge in [-0.1, -0.05) is 72.8 Å². The Kier molecular flexibility index (Phi) is 6.99. The average Bonchev–Trinajstić information content (AvgIpc) is 2.96. The number of hydrazone groups is 1. The minimum atomic E-state index is -0.382. The van der Waals surface area contributed by atoms with Gasteiger partial charge in [0.05, 0.1) is 20.4 Å². The molecule has 0 aromatic heterocycles. The standard InChI is InChI=1S/C31H26N2O4/c1-35-25-16-24(17-26(18-25)36-2)31(34)33-32-19-29-28-13-6-4-9-22(28)14-15-30(29)37-20-23-11-7-10-21-8-3-5-12-27(21)23/h3-19H,20H2,1-2H3,(H,33,34)/b32-19-. The maximum Gasteiger partial charge on any atom is 0.271 e. The van der Waals surface area contributed by atoms with Gasteiger partial charge < -0.3 is 14.2 Å². The highest BCUT2D eigenvalue weighted by Gasteiger charge is 2.11. The van der Waals surface area contributed by atoms with Crippen LogP contribution in [-0.2, 0) is 6.61 Å². The molecule has 5 aromatic rings. The maximum absolute atomic E-state index is 12.8. The molecule has 5 rings (SSSR count). The van der Waals surface area contributed by atoms with E-state index >= 15 is 0 Å². The number of methoxy groups -OCH3 is 2. The largest absolute Gasteiger partial charge is 0.497 e. The molecule has 0 unspecified atom stereocenters. The van der Waals surface area contributed by atoms with Crippen molar-refractivity contribution < 1.29 is 19.0 Å². The van der Waals surface area contributed by atoms with E-state index in [1.807, 2.05) is 54.6 Å². The third-order valence-corrected chi connectivity index (χ3v) is 6.17. The van der Waals surface area contributed by atoms with Crippen molar-refractivity contribution >= 4 is 33.7 Å². The molecule has 0 fully saturated rings. The van der Waals surface area contributed by atoms with Gasteiger partial charge in [-0.3, -0.25) is 4.79 Å². The molecule has 0 aliphatic rings. The first-order valence-corrected chi connectivity index (χ1v) is 11.8. The Bertz CT molecular complexity index is 1580. The molecule has 0 aliphatic carbocycles. The number of benzene rings is 5. The lowest BCUT2D eigenvalue weighted by atomic mass is 10.0. The number of carbonyl (C=O) groups excluding carboxylic acids is 1. The molecule has 0 radical (unpaired) electrons. The molecule has 5 aromatic carbocycles. The zero-order valence-corrected chi connectivity index (χ0v) is 20.6. The fourth-order valence-electron chi connectivity index (χ4n) is 4.27. The lowest BCUT2D eigenvalue weighted by Crippen LogP contribution is -2.18. The van der Waals surface area contributed by atoms with E-state index in [2.05, 4.69) is 34.8 Å². The number of hydrogen-bond donors (Lipinski definition) is 1. The molecule has 184 valence electrons. The Morgan fingerprint density at radius 2 is 1.43 bits per heavy atom. The SMILES string of the molecule is COc1cc(OC)cc(C(=O)N/N=C\c2c(OCc3cccc4ccccc34)ccc3ccccc23)c1. The number of ether oxygens (including phenoxy) is 3. The number of nitrogens with one attached hydrogen (secondary N) is 1. The van der Waals surface area contributed by atoms with E-state index in [1.54, 1.807) is 24.4 Å².